The number of carbonyl (C=O) groups excluding carboxylic acids is 1. The number of H-pyrrole nitrogens is 1. The molecule has 0 bridgehead atoms. The van der Waals surface area contributed by atoms with Crippen LogP contribution in [-0.4, -0.2) is 40.0 Å². The summed E-state index contributed by atoms with van der Waals surface area (Å²) in [6, 6.07) is 5.15. The molecule has 2 N–H and O–H groups in total. The number of aromatic amines is 1. The Labute approximate surface area is 139 Å². The first-order valence-corrected chi connectivity index (χ1v) is 8.27. The lowest BCUT2D eigenvalue weighted by Gasteiger charge is -2.17. The predicted molar refractivity (Wildman–Crippen MR) is 89.2 cm³/mol. The second-order valence-corrected chi connectivity index (χ2v) is 6.37. The van der Waals surface area contributed by atoms with Crippen molar-refractivity contribution in [3.63, 3.8) is 0 Å². The predicted octanol–water partition coefficient (Wildman–Crippen LogP) is 1.05. The third kappa shape index (κ3) is 3.02. The maximum absolute atomic E-state index is 12.2. The molecule has 24 heavy (non-hydrogen) atoms. The van der Waals surface area contributed by atoms with Crippen LogP contribution in [0.15, 0.2) is 35.4 Å². The van der Waals surface area contributed by atoms with Crippen LogP contribution in [-0.2, 0) is 0 Å². The Morgan fingerprint density at radius 1 is 1.29 bits per heavy atom. The van der Waals surface area contributed by atoms with E-state index in [1.807, 2.05) is 12.3 Å². The van der Waals surface area contributed by atoms with Gasteiger partial charge in [-0.25, -0.2) is 9.97 Å². The molecule has 1 aliphatic heterocycles. The molecule has 1 saturated carbocycles. The zero-order chi connectivity index (χ0) is 16.5. The molecular weight excluding hydrogens is 306 g/mol. The average Bonchev–Trinajstić information content (AvgIpc) is 3.35. The highest BCUT2D eigenvalue weighted by Gasteiger charge is 2.29. The molecule has 0 aromatic carbocycles. The number of hydrogen-bond acceptors (Lipinski definition) is 5. The minimum absolute atomic E-state index is 0.00899. The SMILES string of the molecule is O=C(NC1CCN(c2nccc(C3CC3)n2)C1)c1ccc[nH]c1=O. The van der Waals surface area contributed by atoms with Gasteiger partial charge in [0.1, 0.15) is 5.56 Å². The number of rotatable bonds is 4. The van der Waals surface area contributed by atoms with Gasteiger partial charge in [-0.2, -0.15) is 0 Å². The number of pyridine rings is 1. The Bertz CT molecular complexity index is 814. The van der Waals surface area contributed by atoms with Crippen LogP contribution < -0.4 is 15.8 Å². The summed E-state index contributed by atoms with van der Waals surface area (Å²) in [6.45, 7) is 1.45. The van der Waals surface area contributed by atoms with E-state index in [9.17, 15) is 9.59 Å². The Balaban J connectivity index is 1.41. The molecular formula is C17H19N5O2. The standard InChI is InChI=1S/C17H19N5O2/c23-15-13(2-1-7-18-15)16(24)20-12-6-9-22(10-12)17-19-8-5-14(21-17)11-3-4-11/h1-2,5,7-8,11-12H,3-4,6,9-10H2,(H,18,23)(H,20,24). The molecule has 2 aromatic heterocycles. The fraction of sp³-hybridized carbons (Fsp3) is 0.412. The van der Waals surface area contributed by atoms with Crippen LogP contribution in [0.25, 0.3) is 0 Å². The van der Waals surface area contributed by atoms with Gasteiger partial charge in [0, 0.05) is 43.1 Å². The second kappa shape index (κ2) is 6.07. The third-order valence-corrected chi connectivity index (χ3v) is 4.53. The number of nitrogens with one attached hydrogen (secondary N) is 2. The third-order valence-electron chi connectivity index (χ3n) is 4.53. The minimum Gasteiger partial charge on any atom is -0.347 e. The second-order valence-electron chi connectivity index (χ2n) is 6.37. The Morgan fingerprint density at radius 3 is 2.96 bits per heavy atom. The van der Waals surface area contributed by atoms with E-state index in [2.05, 4.69) is 25.2 Å². The van der Waals surface area contributed by atoms with Crippen molar-refractivity contribution in [2.45, 2.75) is 31.2 Å². The lowest BCUT2D eigenvalue weighted by atomic mass is 10.2. The number of carbonyl (C=O) groups is 1. The van der Waals surface area contributed by atoms with Crippen molar-refractivity contribution in [3.8, 4) is 0 Å². The van der Waals surface area contributed by atoms with Crippen molar-refractivity contribution in [2.24, 2.45) is 0 Å². The molecule has 1 saturated heterocycles. The summed E-state index contributed by atoms with van der Waals surface area (Å²) in [5.74, 6) is 0.986. The molecule has 0 spiro atoms. The van der Waals surface area contributed by atoms with E-state index < -0.39 is 0 Å². The number of amides is 1. The molecule has 3 heterocycles. The molecule has 2 fully saturated rings. The molecule has 1 aliphatic carbocycles. The Kier molecular flexibility index (Phi) is 3.76. The molecule has 1 amide bonds. The van der Waals surface area contributed by atoms with Crippen molar-refractivity contribution < 1.29 is 4.79 Å². The normalized spacial score (nSPS) is 20.2. The van der Waals surface area contributed by atoms with E-state index in [1.165, 1.54) is 25.1 Å². The largest absolute Gasteiger partial charge is 0.347 e. The van der Waals surface area contributed by atoms with Crippen LogP contribution in [0.1, 0.15) is 41.2 Å². The molecule has 7 heteroatoms. The van der Waals surface area contributed by atoms with Gasteiger partial charge in [-0.1, -0.05) is 0 Å². The summed E-state index contributed by atoms with van der Waals surface area (Å²) in [6.07, 6.45) is 6.56. The summed E-state index contributed by atoms with van der Waals surface area (Å²) in [5.41, 5.74) is 0.886. The van der Waals surface area contributed by atoms with E-state index in [0.29, 0.717) is 12.5 Å². The highest BCUT2D eigenvalue weighted by atomic mass is 16.2. The summed E-state index contributed by atoms with van der Waals surface area (Å²) in [7, 11) is 0. The van der Waals surface area contributed by atoms with Gasteiger partial charge in [0.15, 0.2) is 0 Å². The van der Waals surface area contributed by atoms with Gasteiger partial charge in [-0.05, 0) is 37.5 Å². The monoisotopic (exact) mass is 325 g/mol. The van der Waals surface area contributed by atoms with Gasteiger partial charge in [0.05, 0.1) is 0 Å². The maximum atomic E-state index is 12.2. The highest BCUT2D eigenvalue weighted by Crippen LogP contribution is 2.39. The molecule has 7 nitrogen and oxygen atoms in total. The number of hydrogen-bond donors (Lipinski definition) is 2. The molecule has 1 atom stereocenters. The smallest absolute Gasteiger partial charge is 0.260 e. The quantitative estimate of drug-likeness (QED) is 0.877. The lowest BCUT2D eigenvalue weighted by molar-refractivity contribution is 0.0939. The molecule has 124 valence electrons. The summed E-state index contributed by atoms with van der Waals surface area (Å²) in [4.78, 5) is 37.5. The van der Waals surface area contributed by atoms with Crippen LogP contribution in [0.2, 0.25) is 0 Å². The van der Waals surface area contributed by atoms with Gasteiger partial charge in [-0.15, -0.1) is 0 Å². The summed E-state index contributed by atoms with van der Waals surface area (Å²) < 4.78 is 0. The maximum Gasteiger partial charge on any atom is 0.260 e. The summed E-state index contributed by atoms with van der Waals surface area (Å²) in [5, 5.41) is 2.93. The van der Waals surface area contributed by atoms with Crippen molar-refractivity contribution in [1.82, 2.24) is 20.3 Å². The Hall–Kier alpha value is -2.70. The number of aromatic nitrogens is 3. The molecule has 4 rings (SSSR count). The van der Waals surface area contributed by atoms with Crippen LogP contribution >= 0.6 is 0 Å². The van der Waals surface area contributed by atoms with E-state index in [4.69, 9.17) is 0 Å². The van der Waals surface area contributed by atoms with Crippen molar-refractivity contribution >= 4 is 11.9 Å². The number of anilines is 1. The minimum atomic E-state index is -0.370. The Morgan fingerprint density at radius 2 is 2.17 bits per heavy atom. The first kappa shape index (κ1) is 14.9. The zero-order valence-electron chi connectivity index (χ0n) is 13.2. The van der Waals surface area contributed by atoms with Crippen molar-refractivity contribution in [3.05, 3.63) is 52.2 Å². The van der Waals surface area contributed by atoms with E-state index in [1.54, 1.807) is 6.07 Å². The van der Waals surface area contributed by atoms with Crippen LogP contribution in [0, 0.1) is 0 Å². The van der Waals surface area contributed by atoms with E-state index in [-0.39, 0.29) is 23.1 Å². The van der Waals surface area contributed by atoms with Crippen LogP contribution in [0.3, 0.4) is 0 Å². The van der Waals surface area contributed by atoms with Gasteiger partial charge in [0.25, 0.3) is 11.5 Å². The molecule has 1 unspecified atom stereocenters. The fourth-order valence-electron chi connectivity index (χ4n) is 3.04. The molecule has 2 aromatic rings. The van der Waals surface area contributed by atoms with Crippen LogP contribution in [0.4, 0.5) is 5.95 Å². The van der Waals surface area contributed by atoms with Crippen molar-refractivity contribution in [1.29, 1.82) is 0 Å². The topological polar surface area (TPSA) is 91.0 Å². The van der Waals surface area contributed by atoms with Gasteiger partial charge in [0.2, 0.25) is 5.95 Å². The van der Waals surface area contributed by atoms with E-state index >= 15 is 0 Å². The fourth-order valence-corrected chi connectivity index (χ4v) is 3.04. The average molecular weight is 325 g/mol. The highest BCUT2D eigenvalue weighted by molar-refractivity contribution is 5.94. The molecule has 0 radical (unpaired) electrons. The number of nitrogens with zero attached hydrogens (tertiary/aromatic N) is 3. The zero-order valence-corrected chi connectivity index (χ0v) is 13.2. The van der Waals surface area contributed by atoms with Gasteiger partial charge < -0.3 is 15.2 Å². The van der Waals surface area contributed by atoms with Gasteiger partial charge in [-0.3, -0.25) is 9.59 Å². The van der Waals surface area contributed by atoms with E-state index in [0.717, 1.165) is 24.6 Å². The first-order valence-electron chi connectivity index (χ1n) is 8.27. The van der Waals surface area contributed by atoms with Crippen molar-refractivity contribution in [2.75, 3.05) is 18.0 Å². The summed E-state index contributed by atoms with van der Waals surface area (Å²) >= 11 is 0. The van der Waals surface area contributed by atoms with Crippen LogP contribution in [0.5, 0.6) is 0 Å². The first-order chi connectivity index (χ1) is 11.7. The lowest BCUT2D eigenvalue weighted by Crippen LogP contribution is -2.39. The van der Waals surface area contributed by atoms with Gasteiger partial charge >= 0.3 is 0 Å². The molecule has 2 aliphatic rings.